The summed E-state index contributed by atoms with van der Waals surface area (Å²) >= 11 is 0. The lowest BCUT2D eigenvalue weighted by Crippen LogP contribution is -2.25. The van der Waals surface area contributed by atoms with E-state index >= 15 is 0 Å². The lowest BCUT2D eigenvalue weighted by Gasteiger charge is -2.17. The number of aromatic nitrogens is 1. The number of hydrogen-bond donors (Lipinski definition) is 0. The quantitative estimate of drug-likeness (QED) is 0.713. The highest BCUT2D eigenvalue weighted by Gasteiger charge is 2.50. The van der Waals surface area contributed by atoms with Gasteiger partial charge < -0.3 is 4.42 Å². The Bertz CT molecular complexity index is 1050. The third kappa shape index (κ3) is 2.40. The van der Waals surface area contributed by atoms with Crippen molar-refractivity contribution in [3.63, 3.8) is 0 Å². The molecule has 1 aromatic carbocycles. The number of benzene rings is 1. The molecule has 5 rings (SSSR count). The molecule has 2 aliphatic heterocycles. The summed E-state index contributed by atoms with van der Waals surface area (Å²) in [5, 5.41) is -0.360. The van der Waals surface area contributed by atoms with Crippen molar-refractivity contribution in [1.82, 2.24) is 9.88 Å². The normalized spacial score (nSPS) is 23.7. The molecule has 0 unspecified atom stereocenters. The maximum absolute atomic E-state index is 13.0. The Labute approximate surface area is 152 Å². The Morgan fingerprint density at radius 1 is 1.15 bits per heavy atom. The maximum Gasteiger partial charge on any atom is 0.183 e. The van der Waals surface area contributed by atoms with E-state index in [9.17, 15) is 8.42 Å². The monoisotopic (exact) mass is 366 g/mol. The largest absolute Gasteiger partial charge is 0.464 e. The molecule has 132 valence electrons. The van der Waals surface area contributed by atoms with Crippen molar-refractivity contribution in [3.8, 4) is 11.3 Å². The minimum Gasteiger partial charge on any atom is -0.464 e. The van der Waals surface area contributed by atoms with Crippen LogP contribution in [0.3, 0.4) is 0 Å². The van der Waals surface area contributed by atoms with E-state index < -0.39 is 9.84 Å². The molecule has 1 saturated heterocycles. The molecule has 0 aliphatic carbocycles. The van der Waals surface area contributed by atoms with E-state index in [-0.39, 0.29) is 11.2 Å². The number of furan rings is 1. The zero-order chi connectivity index (χ0) is 17.7. The second-order valence-electron chi connectivity index (χ2n) is 6.98. The molecule has 26 heavy (non-hydrogen) atoms. The summed E-state index contributed by atoms with van der Waals surface area (Å²) in [4.78, 5) is 6.85. The minimum absolute atomic E-state index is 0.0154. The molecule has 0 N–H and O–H groups in total. The standard InChI is InChI=1S/C20H18N2O3S/c23-26(24)19-6-5-15(18-4-2-8-25-18)9-16(19)17-12-22(13-20(17)26)11-14-3-1-7-21-10-14/h1-10,17,20H,11-13H2/t17-,20-/m1/s1. The number of fused-ring (bicyclic) bond motifs is 3. The van der Waals surface area contributed by atoms with Crippen LogP contribution in [0.15, 0.2) is 70.4 Å². The van der Waals surface area contributed by atoms with Gasteiger partial charge >= 0.3 is 0 Å². The van der Waals surface area contributed by atoms with Crippen molar-refractivity contribution in [2.24, 2.45) is 0 Å². The van der Waals surface area contributed by atoms with E-state index in [1.807, 2.05) is 42.6 Å². The smallest absolute Gasteiger partial charge is 0.183 e. The molecule has 0 bridgehead atoms. The van der Waals surface area contributed by atoms with Crippen LogP contribution in [0.5, 0.6) is 0 Å². The van der Waals surface area contributed by atoms with Gasteiger partial charge in [-0.2, -0.15) is 0 Å². The highest BCUT2D eigenvalue weighted by Crippen LogP contribution is 2.46. The van der Waals surface area contributed by atoms with Gasteiger partial charge in [0.2, 0.25) is 0 Å². The number of pyridine rings is 1. The van der Waals surface area contributed by atoms with Crippen LogP contribution in [0.25, 0.3) is 11.3 Å². The minimum atomic E-state index is -3.28. The summed E-state index contributed by atoms with van der Waals surface area (Å²) in [6.07, 6.45) is 5.22. The van der Waals surface area contributed by atoms with Gasteiger partial charge in [-0.15, -0.1) is 0 Å². The van der Waals surface area contributed by atoms with E-state index in [2.05, 4.69) is 9.88 Å². The molecule has 3 aromatic rings. The molecule has 6 heteroatoms. The van der Waals surface area contributed by atoms with Gasteiger partial charge in [-0.1, -0.05) is 6.07 Å². The van der Waals surface area contributed by atoms with Crippen LogP contribution in [0.1, 0.15) is 17.0 Å². The molecule has 5 nitrogen and oxygen atoms in total. The predicted octanol–water partition coefficient (Wildman–Crippen LogP) is 3.10. The van der Waals surface area contributed by atoms with Crippen LogP contribution in [-0.2, 0) is 16.4 Å². The Morgan fingerprint density at radius 3 is 2.85 bits per heavy atom. The number of sulfone groups is 1. The first-order valence-electron chi connectivity index (χ1n) is 8.66. The number of rotatable bonds is 3. The first kappa shape index (κ1) is 15.8. The fourth-order valence-electron chi connectivity index (χ4n) is 4.20. The van der Waals surface area contributed by atoms with Crippen LogP contribution in [0.4, 0.5) is 0 Å². The molecule has 2 aromatic heterocycles. The van der Waals surface area contributed by atoms with Crippen LogP contribution < -0.4 is 0 Å². The summed E-state index contributed by atoms with van der Waals surface area (Å²) in [5.41, 5.74) is 2.96. The van der Waals surface area contributed by atoms with Gasteiger partial charge in [0, 0.05) is 43.5 Å². The average molecular weight is 366 g/mol. The van der Waals surface area contributed by atoms with Crippen molar-refractivity contribution in [2.75, 3.05) is 13.1 Å². The number of hydrogen-bond acceptors (Lipinski definition) is 5. The van der Waals surface area contributed by atoms with Gasteiger partial charge in [-0.25, -0.2) is 8.42 Å². The van der Waals surface area contributed by atoms with Crippen molar-refractivity contribution >= 4 is 9.84 Å². The van der Waals surface area contributed by atoms with E-state index in [0.717, 1.165) is 35.5 Å². The molecule has 2 atom stereocenters. The molecule has 4 heterocycles. The van der Waals surface area contributed by atoms with Crippen LogP contribution in [-0.4, -0.2) is 36.6 Å². The van der Waals surface area contributed by atoms with Gasteiger partial charge in [-0.05, 0) is 47.5 Å². The lowest BCUT2D eigenvalue weighted by molar-refractivity contribution is 0.325. The van der Waals surface area contributed by atoms with Crippen LogP contribution in [0, 0.1) is 0 Å². The average Bonchev–Trinajstić information content (AvgIpc) is 3.35. The Kier molecular flexibility index (Phi) is 3.52. The molecule has 2 aliphatic rings. The summed E-state index contributed by atoms with van der Waals surface area (Å²) in [6.45, 7) is 2.03. The summed E-state index contributed by atoms with van der Waals surface area (Å²) < 4.78 is 31.5. The van der Waals surface area contributed by atoms with E-state index in [4.69, 9.17) is 4.42 Å². The second kappa shape index (κ2) is 5.79. The van der Waals surface area contributed by atoms with Crippen LogP contribution in [0.2, 0.25) is 0 Å². The fraction of sp³-hybridized carbons (Fsp3) is 0.250. The number of likely N-dealkylation sites (tertiary alicyclic amines) is 1. The fourth-order valence-corrected chi connectivity index (χ4v) is 6.40. The van der Waals surface area contributed by atoms with Crippen molar-refractivity contribution in [1.29, 1.82) is 0 Å². The van der Waals surface area contributed by atoms with Gasteiger partial charge in [0.1, 0.15) is 5.76 Å². The Hall–Kier alpha value is -2.44. The van der Waals surface area contributed by atoms with E-state index in [0.29, 0.717) is 11.4 Å². The third-order valence-electron chi connectivity index (χ3n) is 5.39. The molecule has 0 radical (unpaired) electrons. The number of nitrogens with zero attached hydrogens (tertiary/aromatic N) is 2. The van der Waals surface area contributed by atoms with Crippen molar-refractivity contribution < 1.29 is 12.8 Å². The van der Waals surface area contributed by atoms with Crippen LogP contribution >= 0.6 is 0 Å². The summed E-state index contributed by atoms with van der Waals surface area (Å²) in [6, 6.07) is 13.2. The zero-order valence-electron chi connectivity index (χ0n) is 14.1. The predicted molar refractivity (Wildman–Crippen MR) is 97.4 cm³/mol. The molecule has 0 saturated carbocycles. The van der Waals surface area contributed by atoms with Crippen molar-refractivity contribution in [3.05, 3.63) is 72.2 Å². The molecule has 0 spiro atoms. The summed E-state index contributed by atoms with van der Waals surface area (Å²) in [5.74, 6) is 0.778. The van der Waals surface area contributed by atoms with E-state index in [1.54, 1.807) is 18.5 Å². The Balaban J connectivity index is 1.49. The lowest BCUT2D eigenvalue weighted by atomic mass is 9.96. The van der Waals surface area contributed by atoms with Gasteiger partial charge in [0.25, 0.3) is 0 Å². The first-order valence-corrected chi connectivity index (χ1v) is 10.2. The summed E-state index contributed by atoms with van der Waals surface area (Å²) in [7, 11) is -3.28. The van der Waals surface area contributed by atoms with Gasteiger partial charge in [0.05, 0.1) is 16.4 Å². The molecular weight excluding hydrogens is 348 g/mol. The topological polar surface area (TPSA) is 63.4 Å². The highest BCUT2D eigenvalue weighted by molar-refractivity contribution is 7.92. The second-order valence-corrected chi connectivity index (χ2v) is 9.11. The molecule has 0 amide bonds. The highest BCUT2D eigenvalue weighted by atomic mass is 32.2. The SMILES string of the molecule is O=S1(=O)c2ccc(-c3ccco3)cc2[C@H]2CN(Cc3cccnc3)C[C@H]21. The third-order valence-corrected chi connectivity index (χ3v) is 7.65. The molecule has 1 fully saturated rings. The van der Waals surface area contributed by atoms with Gasteiger partial charge in [-0.3, -0.25) is 9.88 Å². The van der Waals surface area contributed by atoms with Crippen molar-refractivity contribution in [2.45, 2.75) is 22.6 Å². The van der Waals surface area contributed by atoms with E-state index in [1.165, 1.54) is 0 Å². The maximum atomic E-state index is 13.0. The van der Waals surface area contributed by atoms with Gasteiger partial charge in [0.15, 0.2) is 9.84 Å². The Morgan fingerprint density at radius 2 is 2.08 bits per heavy atom. The zero-order valence-corrected chi connectivity index (χ0v) is 14.9. The first-order chi connectivity index (χ1) is 12.6. The molecular formula is C20H18N2O3S.